The van der Waals surface area contributed by atoms with Gasteiger partial charge in [-0.2, -0.15) is 0 Å². The van der Waals surface area contributed by atoms with E-state index in [1.807, 2.05) is 14.0 Å². The number of hydrogen-bond donors (Lipinski definition) is 1. The summed E-state index contributed by atoms with van der Waals surface area (Å²) < 4.78 is 0. The standard InChI is InChI=1S/C11H22N2O/c1-7-13(6)9(14)12-8-10(2,3)11(8,4)5/h8H,7H2,1-6H3,(H,12,14). The van der Waals surface area contributed by atoms with Crippen molar-refractivity contribution in [2.75, 3.05) is 13.6 Å². The van der Waals surface area contributed by atoms with Crippen LogP contribution in [-0.2, 0) is 0 Å². The van der Waals surface area contributed by atoms with Crippen LogP contribution in [0, 0.1) is 10.8 Å². The first-order chi connectivity index (χ1) is 6.25. The van der Waals surface area contributed by atoms with Crippen LogP contribution in [0.5, 0.6) is 0 Å². The lowest BCUT2D eigenvalue weighted by molar-refractivity contribution is 0.208. The second-order valence-corrected chi connectivity index (χ2v) is 5.34. The maximum Gasteiger partial charge on any atom is 0.317 e. The highest BCUT2D eigenvalue weighted by Gasteiger charge is 2.65. The maximum atomic E-state index is 11.6. The van der Waals surface area contributed by atoms with Gasteiger partial charge in [0.25, 0.3) is 0 Å². The second-order valence-electron chi connectivity index (χ2n) is 5.34. The smallest absolute Gasteiger partial charge is 0.317 e. The average molecular weight is 198 g/mol. The van der Waals surface area contributed by atoms with Crippen molar-refractivity contribution in [3.63, 3.8) is 0 Å². The molecule has 3 heteroatoms. The lowest BCUT2D eigenvalue weighted by Crippen LogP contribution is -2.40. The van der Waals surface area contributed by atoms with Gasteiger partial charge in [0.2, 0.25) is 0 Å². The summed E-state index contributed by atoms with van der Waals surface area (Å²) >= 11 is 0. The van der Waals surface area contributed by atoms with Gasteiger partial charge in [0.05, 0.1) is 0 Å². The summed E-state index contributed by atoms with van der Waals surface area (Å²) in [5.41, 5.74) is 0.439. The highest BCUT2D eigenvalue weighted by atomic mass is 16.2. The highest BCUT2D eigenvalue weighted by molar-refractivity contribution is 5.75. The number of nitrogens with zero attached hydrogens (tertiary/aromatic N) is 1. The van der Waals surface area contributed by atoms with Crippen LogP contribution in [-0.4, -0.2) is 30.6 Å². The average Bonchev–Trinajstić information content (AvgIpc) is 2.46. The van der Waals surface area contributed by atoms with Gasteiger partial charge in [0, 0.05) is 19.6 Å². The predicted octanol–water partition coefficient (Wildman–Crippen LogP) is 2.08. The molecule has 0 atom stereocenters. The summed E-state index contributed by atoms with van der Waals surface area (Å²) in [5, 5.41) is 3.07. The Kier molecular flexibility index (Phi) is 2.55. The van der Waals surface area contributed by atoms with E-state index in [0.29, 0.717) is 6.04 Å². The van der Waals surface area contributed by atoms with Crippen LogP contribution in [0.3, 0.4) is 0 Å². The van der Waals surface area contributed by atoms with Gasteiger partial charge in [-0.3, -0.25) is 0 Å². The van der Waals surface area contributed by atoms with Gasteiger partial charge in [-0.25, -0.2) is 4.79 Å². The van der Waals surface area contributed by atoms with Crippen molar-refractivity contribution in [3.8, 4) is 0 Å². The Morgan fingerprint density at radius 1 is 1.29 bits per heavy atom. The summed E-state index contributed by atoms with van der Waals surface area (Å²) in [6.07, 6.45) is 0. The first-order valence-electron chi connectivity index (χ1n) is 5.26. The zero-order chi connectivity index (χ0) is 11.1. The number of carbonyl (C=O) groups is 1. The number of amides is 2. The van der Waals surface area contributed by atoms with E-state index in [-0.39, 0.29) is 16.9 Å². The molecular formula is C11H22N2O. The number of urea groups is 1. The number of rotatable bonds is 2. The molecule has 1 saturated carbocycles. The minimum Gasteiger partial charge on any atom is -0.334 e. The normalized spacial score (nSPS) is 23.0. The Labute approximate surface area is 86.9 Å². The van der Waals surface area contributed by atoms with E-state index < -0.39 is 0 Å². The van der Waals surface area contributed by atoms with E-state index in [9.17, 15) is 4.79 Å². The molecule has 0 saturated heterocycles. The Bertz CT molecular complexity index is 232. The van der Waals surface area contributed by atoms with E-state index in [0.717, 1.165) is 6.54 Å². The second kappa shape index (κ2) is 3.14. The van der Waals surface area contributed by atoms with Crippen LogP contribution in [0.4, 0.5) is 4.79 Å². The van der Waals surface area contributed by atoms with Gasteiger partial charge < -0.3 is 10.2 Å². The quantitative estimate of drug-likeness (QED) is 0.724. The Balaban J connectivity index is 2.53. The van der Waals surface area contributed by atoms with Crippen LogP contribution < -0.4 is 5.32 Å². The summed E-state index contributed by atoms with van der Waals surface area (Å²) in [4.78, 5) is 13.3. The fourth-order valence-electron chi connectivity index (χ4n) is 1.93. The molecule has 1 fully saturated rings. The van der Waals surface area contributed by atoms with Gasteiger partial charge >= 0.3 is 6.03 Å². The molecule has 0 radical (unpaired) electrons. The molecule has 1 aliphatic rings. The lowest BCUT2D eigenvalue weighted by Gasteiger charge is -2.16. The first-order valence-corrected chi connectivity index (χ1v) is 5.26. The molecule has 0 unspecified atom stereocenters. The third kappa shape index (κ3) is 1.49. The van der Waals surface area contributed by atoms with Gasteiger partial charge in [0.15, 0.2) is 0 Å². The van der Waals surface area contributed by atoms with Gasteiger partial charge in [0.1, 0.15) is 0 Å². The lowest BCUT2D eigenvalue weighted by atomic mass is 10.0. The van der Waals surface area contributed by atoms with E-state index >= 15 is 0 Å². The maximum absolute atomic E-state index is 11.6. The zero-order valence-corrected chi connectivity index (χ0v) is 10.1. The van der Waals surface area contributed by atoms with Crippen molar-refractivity contribution in [2.24, 2.45) is 10.8 Å². The molecule has 1 aliphatic carbocycles. The van der Waals surface area contributed by atoms with Crippen LogP contribution in [0.25, 0.3) is 0 Å². The number of hydrogen-bond acceptors (Lipinski definition) is 1. The van der Waals surface area contributed by atoms with Crippen LogP contribution in [0.1, 0.15) is 34.6 Å². The molecule has 82 valence electrons. The molecule has 0 aromatic carbocycles. The van der Waals surface area contributed by atoms with Crippen molar-refractivity contribution < 1.29 is 4.79 Å². The van der Waals surface area contributed by atoms with Crippen LogP contribution in [0.15, 0.2) is 0 Å². The van der Waals surface area contributed by atoms with E-state index in [1.54, 1.807) is 4.90 Å². The molecular weight excluding hydrogens is 176 g/mol. The Morgan fingerprint density at radius 2 is 1.71 bits per heavy atom. The van der Waals surface area contributed by atoms with Crippen molar-refractivity contribution in [1.29, 1.82) is 0 Å². The molecule has 2 amide bonds. The van der Waals surface area contributed by atoms with Gasteiger partial charge in [-0.15, -0.1) is 0 Å². The zero-order valence-electron chi connectivity index (χ0n) is 10.1. The summed E-state index contributed by atoms with van der Waals surface area (Å²) in [6.45, 7) is 11.5. The molecule has 14 heavy (non-hydrogen) atoms. The molecule has 0 aromatic rings. The largest absolute Gasteiger partial charge is 0.334 e. The van der Waals surface area contributed by atoms with Crippen LogP contribution >= 0.6 is 0 Å². The fourth-order valence-corrected chi connectivity index (χ4v) is 1.93. The molecule has 0 aromatic heterocycles. The topological polar surface area (TPSA) is 32.3 Å². The van der Waals surface area contributed by atoms with Gasteiger partial charge in [-0.1, -0.05) is 27.7 Å². The van der Waals surface area contributed by atoms with Crippen molar-refractivity contribution in [1.82, 2.24) is 10.2 Å². The number of carbonyl (C=O) groups excluding carboxylic acids is 1. The molecule has 0 heterocycles. The monoisotopic (exact) mass is 198 g/mol. The molecule has 0 bridgehead atoms. The minimum absolute atomic E-state index is 0.0381. The summed E-state index contributed by atoms with van der Waals surface area (Å²) in [7, 11) is 1.82. The Morgan fingerprint density at radius 3 is 2.00 bits per heavy atom. The van der Waals surface area contributed by atoms with E-state index in [2.05, 4.69) is 33.0 Å². The van der Waals surface area contributed by atoms with E-state index in [1.165, 1.54) is 0 Å². The SMILES string of the molecule is CCN(C)C(=O)NC1C(C)(C)C1(C)C. The first kappa shape index (κ1) is 11.3. The van der Waals surface area contributed by atoms with Crippen molar-refractivity contribution in [2.45, 2.75) is 40.7 Å². The van der Waals surface area contributed by atoms with Crippen molar-refractivity contribution >= 4 is 6.03 Å². The summed E-state index contributed by atoms with van der Waals surface area (Å²) in [5.74, 6) is 0. The summed E-state index contributed by atoms with van der Waals surface area (Å²) in [6, 6.07) is 0.340. The molecule has 1 rings (SSSR count). The molecule has 1 N–H and O–H groups in total. The van der Waals surface area contributed by atoms with Gasteiger partial charge in [-0.05, 0) is 17.8 Å². The minimum atomic E-state index is 0.0381. The predicted molar refractivity (Wildman–Crippen MR) is 58.2 cm³/mol. The molecule has 3 nitrogen and oxygen atoms in total. The van der Waals surface area contributed by atoms with Crippen LogP contribution in [0.2, 0.25) is 0 Å². The van der Waals surface area contributed by atoms with E-state index in [4.69, 9.17) is 0 Å². The third-order valence-corrected chi connectivity index (χ3v) is 4.11. The third-order valence-electron chi connectivity index (χ3n) is 4.11. The molecule has 0 aliphatic heterocycles. The van der Waals surface area contributed by atoms with Crippen molar-refractivity contribution in [3.05, 3.63) is 0 Å². The number of nitrogens with one attached hydrogen (secondary N) is 1. The molecule has 0 spiro atoms. The Hall–Kier alpha value is -0.730. The highest BCUT2D eigenvalue weighted by Crippen LogP contribution is 2.62. The fraction of sp³-hybridized carbons (Fsp3) is 0.909.